The summed E-state index contributed by atoms with van der Waals surface area (Å²) in [6.07, 6.45) is 3.41. The number of nitrogens with one attached hydrogen (secondary N) is 1. The third-order valence-corrected chi connectivity index (χ3v) is 3.15. The Balaban J connectivity index is 2.12. The number of hydrogen-bond donors (Lipinski definition) is 2. The zero-order valence-electron chi connectivity index (χ0n) is 9.13. The van der Waals surface area contributed by atoms with E-state index in [1.807, 2.05) is 30.3 Å². The van der Waals surface area contributed by atoms with E-state index in [0.717, 1.165) is 10.6 Å². The fourth-order valence-electron chi connectivity index (χ4n) is 1.38. The fraction of sp³-hybridized carbons (Fsp3) is 0.0833. The van der Waals surface area contributed by atoms with E-state index in [4.69, 9.17) is 11.1 Å². The Morgan fingerprint density at radius 3 is 2.71 bits per heavy atom. The molecule has 3 N–H and O–H groups in total. The molecule has 0 saturated heterocycles. The molecule has 0 aliphatic rings. The second-order valence-corrected chi connectivity index (χ2v) is 4.38. The predicted octanol–water partition coefficient (Wildman–Crippen LogP) is 2.05. The van der Waals surface area contributed by atoms with Crippen LogP contribution in [-0.4, -0.2) is 15.8 Å². The molecule has 0 atom stereocenters. The Morgan fingerprint density at radius 1 is 1.18 bits per heavy atom. The number of nitrogens with zero attached hydrogens (tertiary/aromatic N) is 2. The SMILES string of the molecule is N=C(N)c1ncccc1CSc1ccccn1. The van der Waals surface area contributed by atoms with E-state index in [-0.39, 0.29) is 5.84 Å². The van der Waals surface area contributed by atoms with Crippen molar-refractivity contribution < 1.29 is 0 Å². The molecular weight excluding hydrogens is 232 g/mol. The van der Waals surface area contributed by atoms with Crippen molar-refractivity contribution in [2.24, 2.45) is 5.73 Å². The van der Waals surface area contributed by atoms with Gasteiger partial charge in [0.15, 0.2) is 0 Å². The lowest BCUT2D eigenvalue weighted by Crippen LogP contribution is -2.15. The summed E-state index contributed by atoms with van der Waals surface area (Å²) in [5.74, 6) is 0.710. The van der Waals surface area contributed by atoms with Crippen molar-refractivity contribution in [1.29, 1.82) is 5.41 Å². The third-order valence-electron chi connectivity index (χ3n) is 2.16. The van der Waals surface area contributed by atoms with Crippen LogP contribution in [0, 0.1) is 5.41 Å². The molecule has 17 heavy (non-hydrogen) atoms. The molecule has 5 heteroatoms. The molecule has 2 aromatic heterocycles. The van der Waals surface area contributed by atoms with Crippen molar-refractivity contribution in [3.63, 3.8) is 0 Å². The fourth-order valence-corrected chi connectivity index (χ4v) is 2.23. The van der Waals surface area contributed by atoms with Crippen LogP contribution in [0.4, 0.5) is 0 Å². The maximum atomic E-state index is 7.45. The van der Waals surface area contributed by atoms with Crippen LogP contribution in [0.1, 0.15) is 11.3 Å². The first-order valence-corrected chi connectivity index (χ1v) is 6.08. The van der Waals surface area contributed by atoms with Gasteiger partial charge >= 0.3 is 0 Å². The molecule has 0 amide bonds. The van der Waals surface area contributed by atoms with Gasteiger partial charge in [0.05, 0.1) is 5.03 Å². The molecule has 2 heterocycles. The number of nitrogen functional groups attached to an aromatic ring is 1. The Kier molecular flexibility index (Phi) is 3.72. The number of hydrogen-bond acceptors (Lipinski definition) is 4. The Morgan fingerprint density at radius 2 is 2.00 bits per heavy atom. The number of pyridine rings is 2. The number of nitrogens with two attached hydrogens (primary N) is 1. The largest absolute Gasteiger partial charge is 0.382 e. The molecule has 0 unspecified atom stereocenters. The number of amidine groups is 1. The molecule has 0 spiro atoms. The van der Waals surface area contributed by atoms with E-state index in [9.17, 15) is 0 Å². The first-order valence-electron chi connectivity index (χ1n) is 5.09. The van der Waals surface area contributed by atoms with Crippen molar-refractivity contribution in [3.8, 4) is 0 Å². The maximum Gasteiger partial charge on any atom is 0.142 e. The summed E-state index contributed by atoms with van der Waals surface area (Å²) in [6.45, 7) is 0. The highest BCUT2D eigenvalue weighted by molar-refractivity contribution is 7.98. The molecule has 86 valence electrons. The molecular formula is C12H12N4S. The molecule has 0 bridgehead atoms. The van der Waals surface area contributed by atoms with Crippen molar-refractivity contribution in [2.45, 2.75) is 10.8 Å². The molecule has 2 rings (SSSR count). The lowest BCUT2D eigenvalue weighted by molar-refractivity contribution is 1.13. The van der Waals surface area contributed by atoms with Gasteiger partial charge in [0.1, 0.15) is 11.5 Å². The monoisotopic (exact) mass is 244 g/mol. The molecule has 0 saturated carbocycles. The highest BCUT2D eigenvalue weighted by atomic mass is 32.2. The summed E-state index contributed by atoms with van der Waals surface area (Å²) < 4.78 is 0. The van der Waals surface area contributed by atoms with Crippen LogP contribution >= 0.6 is 11.8 Å². The minimum absolute atomic E-state index is 0.00206. The average Bonchev–Trinajstić information content (AvgIpc) is 2.38. The van der Waals surface area contributed by atoms with Gasteiger partial charge < -0.3 is 5.73 Å². The van der Waals surface area contributed by atoms with Crippen molar-refractivity contribution >= 4 is 17.6 Å². The van der Waals surface area contributed by atoms with Crippen LogP contribution in [-0.2, 0) is 5.75 Å². The summed E-state index contributed by atoms with van der Waals surface area (Å²) in [6, 6.07) is 9.56. The standard InChI is InChI=1S/C12H12N4S/c13-12(14)11-9(4-3-7-16-11)8-17-10-5-1-2-6-15-10/h1-7H,8H2,(H3,13,14). The van der Waals surface area contributed by atoms with Gasteiger partial charge in [-0.2, -0.15) is 0 Å². The van der Waals surface area contributed by atoms with Gasteiger partial charge in [0, 0.05) is 18.1 Å². The molecule has 0 radical (unpaired) electrons. The van der Waals surface area contributed by atoms with Gasteiger partial charge in [0.25, 0.3) is 0 Å². The van der Waals surface area contributed by atoms with Crippen LogP contribution in [0.3, 0.4) is 0 Å². The van der Waals surface area contributed by atoms with Crippen molar-refractivity contribution in [2.75, 3.05) is 0 Å². The van der Waals surface area contributed by atoms with Crippen LogP contribution in [0.5, 0.6) is 0 Å². The summed E-state index contributed by atoms with van der Waals surface area (Å²) in [4.78, 5) is 8.33. The van der Waals surface area contributed by atoms with E-state index in [0.29, 0.717) is 11.4 Å². The third kappa shape index (κ3) is 3.04. The summed E-state index contributed by atoms with van der Waals surface area (Å²) in [5, 5.41) is 8.40. The number of thioether (sulfide) groups is 1. The lowest BCUT2D eigenvalue weighted by atomic mass is 10.2. The van der Waals surface area contributed by atoms with Gasteiger partial charge in [-0.25, -0.2) is 4.98 Å². The summed E-state index contributed by atoms with van der Waals surface area (Å²) >= 11 is 1.60. The maximum absolute atomic E-state index is 7.45. The van der Waals surface area contributed by atoms with Crippen LogP contribution in [0.25, 0.3) is 0 Å². The first kappa shape index (κ1) is 11.6. The van der Waals surface area contributed by atoms with Gasteiger partial charge in [-0.05, 0) is 23.8 Å². The lowest BCUT2D eigenvalue weighted by Gasteiger charge is -2.05. The minimum Gasteiger partial charge on any atom is -0.382 e. The molecule has 2 aromatic rings. The molecule has 0 fully saturated rings. The Hall–Kier alpha value is -1.88. The summed E-state index contributed by atoms with van der Waals surface area (Å²) in [5.41, 5.74) is 6.99. The summed E-state index contributed by atoms with van der Waals surface area (Å²) in [7, 11) is 0. The second kappa shape index (κ2) is 5.45. The smallest absolute Gasteiger partial charge is 0.142 e. The van der Waals surface area contributed by atoms with Crippen LogP contribution in [0.2, 0.25) is 0 Å². The highest BCUT2D eigenvalue weighted by Crippen LogP contribution is 2.21. The van der Waals surface area contributed by atoms with Gasteiger partial charge in [-0.15, -0.1) is 11.8 Å². The Labute approximate surface area is 104 Å². The number of aromatic nitrogens is 2. The van der Waals surface area contributed by atoms with Crippen molar-refractivity contribution in [3.05, 3.63) is 54.0 Å². The van der Waals surface area contributed by atoms with Gasteiger partial charge in [-0.1, -0.05) is 12.1 Å². The zero-order chi connectivity index (χ0) is 12.1. The average molecular weight is 244 g/mol. The highest BCUT2D eigenvalue weighted by Gasteiger charge is 2.06. The molecule has 4 nitrogen and oxygen atoms in total. The molecule has 0 aliphatic carbocycles. The first-order chi connectivity index (χ1) is 8.27. The van der Waals surface area contributed by atoms with E-state index < -0.39 is 0 Å². The number of rotatable bonds is 4. The molecule has 0 aliphatic heterocycles. The normalized spacial score (nSPS) is 10.1. The topological polar surface area (TPSA) is 75.7 Å². The predicted molar refractivity (Wildman–Crippen MR) is 69.1 cm³/mol. The van der Waals surface area contributed by atoms with Crippen LogP contribution < -0.4 is 5.73 Å². The zero-order valence-corrected chi connectivity index (χ0v) is 9.95. The van der Waals surface area contributed by atoms with Gasteiger partial charge in [-0.3, -0.25) is 10.4 Å². The van der Waals surface area contributed by atoms with E-state index in [1.165, 1.54) is 0 Å². The van der Waals surface area contributed by atoms with E-state index in [1.54, 1.807) is 24.2 Å². The van der Waals surface area contributed by atoms with Gasteiger partial charge in [0.2, 0.25) is 0 Å². The quantitative estimate of drug-likeness (QED) is 0.490. The van der Waals surface area contributed by atoms with Crippen molar-refractivity contribution in [1.82, 2.24) is 9.97 Å². The van der Waals surface area contributed by atoms with E-state index >= 15 is 0 Å². The second-order valence-electron chi connectivity index (χ2n) is 3.38. The Bertz CT molecular complexity index is 513. The van der Waals surface area contributed by atoms with E-state index in [2.05, 4.69) is 9.97 Å². The van der Waals surface area contributed by atoms with Crippen LogP contribution in [0.15, 0.2) is 47.8 Å². The molecule has 0 aromatic carbocycles. The minimum atomic E-state index is 0.00206.